The topological polar surface area (TPSA) is 51.2 Å². The summed E-state index contributed by atoms with van der Waals surface area (Å²) in [5, 5.41) is 5.24. The van der Waals surface area contributed by atoms with Crippen LogP contribution in [0.25, 0.3) is 11.3 Å². The van der Waals surface area contributed by atoms with E-state index in [-0.39, 0.29) is 11.2 Å². The zero-order chi connectivity index (χ0) is 17.6. The van der Waals surface area contributed by atoms with Crippen LogP contribution in [-0.2, 0) is 4.79 Å². The van der Waals surface area contributed by atoms with Gasteiger partial charge in [-0.05, 0) is 43.3 Å². The summed E-state index contributed by atoms with van der Waals surface area (Å²) in [5.74, 6) is 0.753. The molecule has 0 bridgehead atoms. The molecule has 1 amide bonds. The molecule has 3 aromatic rings. The predicted octanol–water partition coefficient (Wildman–Crippen LogP) is 4.94. The lowest BCUT2D eigenvalue weighted by molar-refractivity contribution is -0.115. The van der Waals surface area contributed by atoms with E-state index in [1.807, 2.05) is 66.9 Å². The van der Waals surface area contributed by atoms with E-state index in [4.69, 9.17) is 4.74 Å². The summed E-state index contributed by atoms with van der Waals surface area (Å²) in [6.45, 7) is 1.89. The second-order valence-corrected chi connectivity index (χ2v) is 7.60. The molecule has 0 aliphatic carbocycles. The maximum Gasteiger partial charge on any atom is 0.239 e. The van der Waals surface area contributed by atoms with Crippen molar-refractivity contribution in [3.63, 3.8) is 0 Å². The molecule has 0 saturated carbocycles. The number of hydrogen-bond donors (Lipinski definition) is 1. The normalized spacial score (nSPS) is 11.8. The van der Waals surface area contributed by atoms with Gasteiger partial charge in [-0.25, -0.2) is 4.98 Å². The van der Waals surface area contributed by atoms with E-state index >= 15 is 0 Å². The van der Waals surface area contributed by atoms with Crippen molar-refractivity contribution in [1.29, 1.82) is 0 Å². The van der Waals surface area contributed by atoms with Gasteiger partial charge in [-0.15, -0.1) is 23.1 Å². The quantitative estimate of drug-likeness (QED) is 0.625. The van der Waals surface area contributed by atoms with Gasteiger partial charge in [0.05, 0.1) is 18.1 Å². The average Bonchev–Trinajstić information content (AvgIpc) is 3.11. The van der Waals surface area contributed by atoms with E-state index in [0.29, 0.717) is 5.13 Å². The molecule has 3 rings (SSSR count). The Hall–Kier alpha value is -2.31. The molecular weight excluding hydrogens is 352 g/mol. The Morgan fingerprint density at radius 1 is 1.16 bits per heavy atom. The predicted molar refractivity (Wildman–Crippen MR) is 104 cm³/mol. The van der Waals surface area contributed by atoms with Crippen molar-refractivity contribution in [1.82, 2.24) is 4.98 Å². The first-order valence-corrected chi connectivity index (χ1v) is 9.54. The average molecular weight is 370 g/mol. The maximum atomic E-state index is 12.4. The number of amides is 1. The van der Waals surface area contributed by atoms with Crippen LogP contribution < -0.4 is 10.1 Å². The van der Waals surface area contributed by atoms with Gasteiger partial charge < -0.3 is 10.1 Å². The van der Waals surface area contributed by atoms with Gasteiger partial charge in [-0.2, -0.15) is 0 Å². The number of thiazole rings is 1. The monoisotopic (exact) mass is 370 g/mol. The zero-order valence-corrected chi connectivity index (χ0v) is 15.6. The number of thioether (sulfide) groups is 1. The van der Waals surface area contributed by atoms with Crippen LogP contribution >= 0.6 is 23.1 Å². The number of methoxy groups -OCH3 is 1. The van der Waals surface area contributed by atoms with Crippen LogP contribution in [0.5, 0.6) is 5.75 Å². The highest BCUT2D eigenvalue weighted by Crippen LogP contribution is 2.28. The van der Waals surface area contributed by atoms with Crippen LogP contribution in [0.4, 0.5) is 5.13 Å². The molecule has 25 heavy (non-hydrogen) atoms. The number of aromatic nitrogens is 1. The molecule has 0 fully saturated rings. The smallest absolute Gasteiger partial charge is 0.239 e. The number of carbonyl (C=O) groups excluding carboxylic acids is 1. The number of nitrogens with one attached hydrogen (secondary N) is 1. The van der Waals surface area contributed by atoms with Crippen LogP contribution in [0.1, 0.15) is 6.92 Å². The Morgan fingerprint density at radius 2 is 1.88 bits per heavy atom. The lowest BCUT2D eigenvalue weighted by Crippen LogP contribution is -2.22. The third-order valence-electron chi connectivity index (χ3n) is 3.55. The molecule has 1 N–H and O–H groups in total. The highest BCUT2D eigenvalue weighted by Gasteiger charge is 2.16. The summed E-state index contributed by atoms with van der Waals surface area (Å²) in [6.07, 6.45) is 0. The Bertz CT molecular complexity index is 832. The third-order valence-corrected chi connectivity index (χ3v) is 5.42. The zero-order valence-electron chi connectivity index (χ0n) is 13.9. The largest absolute Gasteiger partial charge is 0.497 e. The summed E-state index contributed by atoms with van der Waals surface area (Å²) in [4.78, 5) is 17.9. The molecule has 0 aliphatic rings. The fourth-order valence-corrected chi connectivity index (χ4v) is 3.80. The van der Waals surface area contributed by atoms with E-state index in [0.717, 1.165) is 21.9 Å². The number of benzene rings is 2. The van der Waals surface area contributed by atoms with Gasteiger partial charge in [-0.1, -0.05) is 18.2 Å². The lowest BCUT2D eigenvalue weighted by Gasteiger charge is -2.10. The molecule has 0 saturated heterocycles. The summed E-state index contributed by atoms with van der Waals surface area (Å²) < 4.78 is 5.16. The molecular formula is C19H18N2O2S2. The first-order valence-electron chi connectivity index (χ1n) is 7.78. The van der Waals surface area contributed by atoms with Gasteiger partial charge in [0.2, 0.25) is 5.91 Å². The molecule has 1 aromatic heterocycles. The van der Waals surface area contributed by atoms with E-state index < -0.39 is 0 Å². The van der Waals surface area contributed by atoms with E-state index in [1.165, 1.54) is 23.1 Å². The van der Waals surface area contributed by atoms with Crippen LogP contribution in [0.3, 0.4) is 0 Å². The third kappa shape index (κ3) is 4.61. The van der Waals surface area contributed by atoms with Crippen molar-refractivity contribution in [2.45, 2.75) is 17.1 Å². The molecule has 0 aliphatic heterocycles. The molecule has 4 nitrogen and oxygen atoms in total. The fourth-order valence-electron chi connectivity index (χ4n) is 2.19. The molecule has 2 aromatic carbocycles. The van der Waals surface area contributed by atoms with Gasteiger partial charge in [0.25, 0.3) is 0 Å². The summed E-state index contributed by atoms with van der Waals surface area (Å²) in [5.41, 5.74) is 1.83. The van der Waals surface area contributed by atoms with Crippen molar-refractivity contribution in [2.24, 2.45) is 0 Å². The van der Waals surface area contributed by atoms with E-state index in [2.05, 4.69) is 10.3 Å². The molecule has 1 atom stereocenters. The highest BCUT2D eigenvalue weighted by atomic mass is 32.2. The number of rotatable bonds is 6. The summed E-state index contributed by atoms with van der Waals surface area (Å²) in [6, 6.07) is 17.6. The van der Waals surface area contributed by atoms with Crippen molar-refractivity contribution in [3.05, 3.63) is 60.0 Å². The van der Waals surface area contributed by atoms with Crippen LogP contribution in [0.15, 0.2) is 64.9 Å². The Kier molecular flexibility index (Phi) is 5.73. The molecule has 1 heterocycles. The van der Waals surface area contributed by atoms with Gasteiger partial charge in [0.1, 0.15) is 5.75 Å². The lowest BCUT2D eigenvalue weighted by atomic mass is 10.2. The minimum atomic E-state index is -0.198. The van der Waals surface area contributed by atoms with Crippen molar-refractivity contribution >= 4 is 34.1 Å². The standard InChI is InChI=1S/C19H18N2O2S2/c1-13(25-16-6-4-3-5-7-16)18(22)21-19-20-17(12-24-19)14-8-10-15(23-2)11-9-14/h3-13H,1-2H3,(H,20,21,22). The Labute approximate surface area is 155 Å². The molecule has 0 spiro atoms. The molecule has 128 valence electrons. The second-order valence-electron chi connectivity index (χ2n) is 5.33. The highest BCUT2D eigenvalue weighted by molar-refractivity contribution is 8.00. The Morgan fingerprint density at radius 3 is 2.56 bits per heavy atom. The van der Waals surface area contributed by atoms with Gasteiger partial charge in [0, 0.05) is 15.8 Å². The first kappa shape index (κ1) is 17.5. The number of nitrogens with zero attached hydrogens (tertiary/aromatic N) is 1. The van der Waals surface area contributed by atoms with E-state index in [9.17, 15) is 4.79 Å². The van der Waals surface area contributed by atoms with Crippen LogP contribution in [0.2, 0.25) is 0 Å². The van der Waals surface area contributed by atoms with Crippen molar-refractivity contribution < 1.29 is 9.53 Å². The SMILES string of the molecule is COc1ccc(-c2csc(NC(=O)C(C)Sc3ccccc3)n2)cc1. The minimum Gasteiger partial charge on any atom is -0.497 e. The Balaban J connectivity index is 1.63. The second kappa shape index (κ2) is 8.18. The van der Waals surface area contributed by atoms with Crippen LogP contribution in [0, 0.1) is 0 Å². The van der Waals surface area contributed by atoms with Crippen molar-refractivity contribution in [3.8, 4) is 17.0 Å². The van der Waals surface area contributed by atoms with E-state index in [1.54, 1.807) is 7.11 Å². The first-order chi connectivity index (χ1) is 12.2. The minimum absolute atomic E-state index is 0.0514. The fraction of sp³-hybridized carbons (Fsp3) is 0.158. The number of hydrogen-bond acceptors (Lipinski definition) is 5. The van der Waals surface area contributed by atoms with Gasteiger partial charge in [-0.3, -0.25) is 4.79 Å². The molecule has 1 unspecified atom stereocenters. The summed E-state index contributed by atoms with van der Waals surface area (Å²) >= 11 is 2.95. The maximum absolute atomic E-state index is 12.4. The molecule has 6 heteroatoms. The molecule has 0 radical (unpaired) electrons. The number of anilines is 1. The summed E-state index contributed by atoms with van der Waals surface area (Å²) in [7, 11) is 1.64. The van der Waals surface area contributed by atoms with Crippen LogP contribution in [-0.4, -0.2) is 23.3 Å². The number of ether oxygens (including phenoxy) is 1. The van der Waals surface area contributed by atoms with Gasteiger partial charge in [0.15, 0.2) is 5.13 Å². The van der Waals surface area contributed by atoms with Gasteiger partial charge >= 0.3 is 0 Å². The van der Waals surface area contributed by atoms with Crippen molar-refractivity contribution in [2.75, 3.05) is 12.4 Å². The number of carbonyl (C=O) groups is 1.